The van der Waals surface area contributed by atoms with E-state index in [4.69, 9.17) is 9.78 Å². The van der Waals surface area contributed by atoms with E-state index in [0.29, 0.717) is 25.7 Å². The molecule has 2 aromatic rings. The van der Waals surface area contributed by atoms with Gasteiger partial charge in [0.1, 0.15) is 0 Å². The smallest absolute Gasteiger partial charge is 0.327 e. The summed E-state index contributed by atoms with van der Waals surface area (Å²) in [5.74, 6) is 0.540. The van der Waals surface area contributed by atoms with Crippen molar-refractivity contribution >= 4 is 7.82 Å². The van der Waals surface area contributed by atoms with Crippen LogP contribution in [0.1, 0.15) is 22.3 Å². The van der Waals surface area contributed by atoms with Crippen molar-refractivity contribution in [2.45, 2.75) is 25.7 Å². The summed E-state index contributed by atoms with van der Waals surface area (Å²) < 4.78 is 21.6. The number of benzene rings is 2. The summed E-state index contributed by atoms with van der Waals surface area (Å²) in [5.41, 5.74) is 3.50. The molecule has 1 N–H and O–H groups in total. The van der Waals surface area contributed by atoms with E-state index in [9.17, 15) is 9.46 Å². The first-order valence-electron chi connectivity index (χ1n) is 9.65. The van der Waals surface area contributed by atoms with Crippen LogP contribution in [0.15, 0.2) is 87.0 Å². The summed E-state index contributed by atoms with van der Waals surface area (Å²) in [7, 11) is -4.68. The SMILES string of the molecule is C=CCc1ccc(OOP(=O)(O)OOc2ccc(CC=C)cc2CC=C)c(CC=C)c1. The average molecular weight is 442 g/mol. The van der Waals surface area contributed by atoms with E-state index in [1.807, 2.05) is 12.1 Å². The summed E-state index contributed by atoms with van der Waals surface area (Å²) in [5, 5.41) is 0. The second-order valence-electron chi connectivity index (χ2n) is 6.64. The lowest BCUT2D eigenvalue weighted by Crippen LogP contribution is -2.05. The molecule has 2 rings (SSSR count). The van der Waals surface area contributed by atoms with Crippen molar-refractivity contribution in [3.63, 3.8) is 0 Å². The minimum Gasteiger partial charge on any atom is -0.327 e. The van der Waals surface area contributed by atoms with Gasteiger partial charge >= 0.3 is 7.82 Å². The van der Waals surface area contributed by atoms with Crippen LogP contribution in [0.2, 0.25) is 0 Å². The molecule has 0 saturated heterocycles. The molecular formula is C24H27O6P. The molecule has 0 bridgehead atoms. The third-order valence-corrected chi connectivity index (χ3v) is 4.71. The highest BCUT2D eigenvalue weighted by molar-refractivity contribution is 7.47. The number of allylic oxidation sites excluding steroid dienone is 4. The minimum atomic E-state index is -4.68. The summed E-state index contributed by atoms with van der Waals surface area (Å²) in [4.78, 5) is 20.1. The molecule has 0 aliphatic heterocycles. The van der Waals surface area contributed by atoms with Crippen LogP contribution >= 0.6 is 7.82 Å². The number of phosphoric acid groups is 1. The van der Waals surface area contributed by atoms with Crippen LogP contribution in [-0.2, 0) is 39.6 Å². The maximum absolute atomic E-state index is 12.2. The maximum Gasteiger partial charge on any atom is 0.544 e. The Balaban J connectivity index is 2.06. The molecule has 0 atom stereocenters. The fourth-order valence-electron chi connectivity index (χ4n) is 2.83. The normalized spacial score (nSPS) is 10.9. The molecule has 7 heteroatoms. The molecule has 0 unspecified atom stereocenters. The number of rotatable bonds is 14. The molecule has 31 heavy (non-hydrogen) atoms. The summed E-state index contributed by atoms with van der Waals surface area (Å²) in [6.45, 7) is 14.8. The molecule has 0 heterocycles. The Kier molecular flexibility index (Phi) is 9.50. The molecule has 164 valence electrons. The second kappa shape index (κ2) is 12.1. The molecule has 0 spiro atoms. The van der Waals surface area contributed by atoms with Gasteiger partial charge in [0, 0.05) is 11.1 Å². The van der Waals surface area contributed by atoms with Crippen molar-refractivity contribution in [3.8, 4) is 11.5 Å². The molecule has 0 aromatic heterocycles. The van der Waals surface area contributed by atoms with Crippen molar-refractivity contribution in [1.82, 2.24) is 0 Å². The molecule has 0 aliphatic carbocycles. The first-order chi connectivity index (χ1) is 14.9. The standard InChI is InChI=1S/C24H27O6P/c1-5-9-19-13-15-23(21(17-19)11-7-3)27-29-31(25,26)30-28-24-16-14-20(10-6-2)18-22(24)12-8-4/h5-8,13-18H,1-4,9-12H2,(H,25,26). The van der Waals surface area contributed by atoms with Crippen LogP contribution in [-0.4, -0.2) is 4.89 Å². The van der Waals surface area contributed by atoms with Gasteiger partial charge in [-0.15, -0.1) is 26.3 Å². The van der Waals surface area contributed by atoms with E-state index in [2.05, 4.69) is 35.7 Å². The highest BCUT2D eigenvalue weighted by Gasteiger charge is 2.27. The minimum absolute atomic E-state index is 0.270. The van der Waals surface area contributed by atoms with Gasteiger partial charge in [-0.2, -0.15) is 0 Å². The van der Waals surface area contributed by atoms with Crippen molar-refractivity contribution in [1.29, 1.82) is 0 Å². The van der Waals surface area contributed by atoms with Crippen molar-refractivity contribution in [3.05, 3.63) is 109 Å². The van der Waals surface area contributed by atoms with Gasteiger partial charge in [0.05, 0.1) is 0 Å². The van der Waals surface area contributed by atoms with E-state index in [-0.39, 0.29) is 11.5 Å². The van der Waals surface area contributed by atoms with Crippen LogP contribution in [0, 0.1) is 0 Å². The number of hydrogen-bond acceptors (Lipinski definition) is 5. The van der Waals surface area contributed by atoms with Gasteiger partial charge < -0.3 is 9.78 Å². The Morgan fingerprint density at radius 2 is 1.10 bits per heavy atom. The van der Waals surface area contributed by atoms with Gasteiger partial charge in [-0.3, -0.25) is 4.89 Å². The highest BCUT2D eigenvalue weighted by Crippen LogP contribution is 2.44. The summed E-state index contributed by atoms with van der Waals surface area (Å²) in [6, 6.07) is 10.7. The van der Waals surface area contributed by atoms with Gasteiger partial charge in [-0.1, -0.05) is 57.9 Å². The monoisotopic (exact) mass is 442 g/mol. The van der Waals surface area contributed by atoms with E-state index >= 15 is 0 Å². The Morgan fingerprint density at radius 3 is 1.45 bits per heavy atom. The topological polar surface area (TPSA) is 74.2 Å². The third-order valence-electron chi connectivity index (χ3n) is 4.18. The van der Waals surface area contributed by atoms with Gasteiger partial charge in [-0.05, 0) is 48.9 Å². The maximum atomic E-state index is 12.2. The van der Waals surface area contributed by atoms with Gasteiger partial charge in [0.25, 0.3) is 0 Å². The Hall–Kier alpha value is -2.89. The van der Waals surface area contributed by atoms with Crippen LogP contribution < -0.4 is 9.78 Å². The quantitative estimate of drug-likeness (QED) is 0.167. The first kappa shape index (κ1) is 24.4. The van der Waals surface area contributed by atoms with Gasteiger partial charge in [-0.25, -0.2) is 4.57 Å². The largest absolute Gasteiger partial charge is 0.544 e. The summed E-state index contributed by atoms with van der Waals surface area (Å²) >= 11 is 0. The molecule has 6 nitrogen and oxygen atoms in total. The average Bonchev–Trinajstić information content (AvgIpc) is 2.74. The van der Waals surface area contributed by atoms with Gasteiger partial charge in [0.2, 0.25) is 0 Å². The van der Waals surface area contributed by atoms with E-state index in [0.717, 1.165) is 22.3 Å². The predicted molar refractivity (Wildman–Crippen MR) is 122 cm³/mol. The van der Waals surface area contributed by atoms with Crippen LogP contribution in [0.3, 0.4) is 0 Å². The lowest BCUT2D eigenvalue weighted by Gasteiger charge is -2.14. The fraction of sp³-hybridized carbons (Fsp3) is 0.167. The van der Waals surface area contributed by atoms with E-state index in [1.165, 1.54) is 0 Å². The van der Waals surface area contributed by atoms with Crippen LogP contribution in [0.5, 0.6) is 11.5 Å². The molecule has 2 aromatic carbocycles. The van der Waals surface area contributed by atoms with Crippen LogP contribution in [0.25, 0.3) is 0 Å². The van der Waals surface area contributed by atoms with E-state index in [1.54, 1.807) is 48.6 Å². The zero-order valence-corrected chi connectivity index (χ0v) is 18.3. The lowest BCUT2D eigenvalue weighted by atomic mass is 10.0. The second-order valence-corrected chi connectivity index (χ2v) is 7.87. The van der Waals surface area contributed by atoms with E-state index < -0.39 is 7.82 Å². The molecule has 0 amide bonds. The third kappa shape index (κ3) is 7.70. The predicted octanol–water partition coefficient (Wildman–Crippen LogP) is 6.02. The highest BCUT2D eigenvalue weighted by atomic mass is 31.2. The van der Waals surface area contributed by atoms with Crippen molar-refractivity contribution in [2.24, 2.45) is 0 Å². The summed E-state index contributed by atoms with van der Waals surface area (Å²) in [6.07, 6.45) is 9.27. The van der Waals surface area contributed by atoms with Crippen molar-refractivity contribution in [2.75, 3.05) is 0 Å². The van der Waals surface area contributed by atoms with Gasteiger partial charge in [0.15, 0.2) is 11.5 Å². The Morgan fingerprint density at radius 1 is 0.710 bits per heavy atom. The Bertz CT molecular complexity index is 907. The molecule has 0 fully saturated rings. The molecule has 0 aliphatic rings. The van der Waals surface area contributed by atoms with Crippen LogP contribution in [0.4, 0.5) is 0 Å². The molecule has 0 saturated carbocycles. The number of hydrogen-bond donors (Lipinski definition) is 1. The Labute approximate surface area is 183 Å². The molecule has 0 radical (unpaired) electrons. The van der Waals surface area contributed by atoms with Crippen molar-refractivity contribution < 1.29 is 28.6 Å². The first-order valence-corrected chi connectivity index (χ1v) is 11.1. The molecular weight excluding hydrogens is 415 g/mol. The fourth-order valence-corrected chi connectivity index (χ4v) is 3.21. The lowest BCUT2D eigenvalue weighted by molar-refractivity contribution is -0.188. The zero-order chi connectivity index (χ0) is 22.7. The zero-order valence-electron chi connectivity index (χ0n) is 17.4.